The summed E-state index contributed by atoms with van der Waals surface area (Å²) in [5.74, 6) is 1.79. The highest BCUT2D eigenvalue weighted by Gasteiger charge is 2.00. The van der Waals surface area contributed by atoms with Crippen molar-refractivity contribution in [1.82, 2.24) is 10.6 Å². The Kier molecular flexibility index (Phi) is 14.8. The second-order valence-electron chi connectivity index (χ2n) is 5.62. The van der Waals surface area contributed by atoms with Gasteiger partial charge in [0, 0.05) is 32.7 Å². The molecule has 0 radical (unpaired) electrons. The van der Waals surface area contributed by atoms with Crippen LogP contribution in [0.4, 0.5) is 0 Å². The summed E-state index contributed by atoms with van der Waals surface area (Å²) in [6.07, 6.45) is 5.81. The molecule has 0 aromatic carbocycles. The number of unbranched alkanes of at least 4 members (excludes halogenated alkanes) is 1. The molecule has 0 saturated heterocycles. The van der Waals surface area contributed by atoms with E-state index in [-0.39, 0.29) is 24.0 Å². The van der Waals surface area contributed by atoms with Crippen molar-refractivity contribution in [2.75, 3.05) is 32.8 Å². The molecule has 0 bridgehead atoms. The number of rotatable bonds is 12. The third kappa shape index (κ3) is 12.4. The number of hydrogen-bond donors (Lipinski definition) is 2. The summed E-state index contributed by atoms with van der Waals surface area (Å²) in [6, 6.07) is 3.88. The van der Waals surface area contributed by atoms with E-state index < -0.39 is 0 Å². The topological polar surface area (TPSA) is 58.8 Å². The predicted molar refractivity (Wildman–Crippen MR) is 111 cm³/mol. The van der Waals surface area contributed by atoms with Crippen LogP contribution in [-0.2, 0) is 11.2 Å². The minimum absolute atomic E-state index is 0. The lowest BCUT2D eigenvalue weighted by molar-refractivity contribution is 0.129. The average Bonchev–Trinajstić information content (AvgIpc) is 3.04. The van der Waals surface area contributed by atoms with E-state index in [1.165, 1.54) is 6.42 Å². The van der Waals surface area contributed by atoms with Crippen LogP contribution < -0.4 is 10.6 Å². The van der Waals surface area contributed by atoms with Crippen molar-refractivity contribution in [3.05, 3.63) is 36.3 Å². The highest BCUT2D eigenvalue weighted by atomic mass is 127. The zero-order valence-electron chi connectivity index (χ0n) is 15.0. The smallest absolute Gasteiger partial charge is 0.191 e. The van der Waals surface area contributed by atoms with E-state index in [9.17, 15) is 0 Å². The number of nitrogens with zero attached hydrogens (tertiary/aromatic N) is 1. The van der Waals surface area contributed by atoms with Gasteiger partial charge in [0.1, 0.15) is 5.76 Å². The lowest BCUT2D eigenvalue weighted by Crippen LogP contribution is -2.39. The van der Waals surface area contributed by atoms with Crippen LogP contribution in [-0.4, -0.2) is 38.8 Å². The standard InChI is InChI=1S/C18H31N3O2.HI/c1-4-5-12-22-13-7-10-19-18(21-15-16(2)3)20-11-9-17-8-6-14-23-17;/h6,8,14H,2,4-5,7,9-13,15H2,1,3H3,(H2,19,20,21);1H. The van der Waals surface area contributed by atoms with E-state index in [4.69, 9.17) is 9.15 Å². The number of ether oxygens (including phenoxy) is 1. The molecule has 0 spiro atoms. The van der Waals surface area contributed by atoms with Gasteiger partial charge in [-0.25, -0.2) is 4.99 Å². The Morgan fingerprint density at radius 3 is 2.67 bits per heavy atom. The summed E-state index contributed by atoms with van der Waals surface area (Å²) >= 11 is 0. The number of nitrogens with one attached hydrogen (secondary N) is 2. The maximum absolute atomic E-state index is 5.56. The van der Waals surface area contributed by atoms with Crippen LogP contribution in [0.15, 0.2) is 40.0 Å². The Labute approximate surface area is 163 Å². The van der Waals surface area contributed by atoms with Gasteiger partial charge in [0.2, 0.25) is 0 Å². The van der Waals surface area contributed by atoms with Crippen LogP contribution in [0.25, 0.3) is 0 Å². The number of halogens is 1. The normalized spacial score (nSPS) is 11.0. The molecule has 1 heterocycles. The highest BCUT2D eigenvalue weighted by Crippen LogP contribution is 1.99. The van der Waals surface area contributed by atoms with Gasteiger partial charge in [-0.2, -0.15) is 0 Å². The molecular weight excluding hydrogens is 417 g/mol. The van der Waals surface area contributed by atoms with Crippen molar-refractivity contribution in [2.24, 2.45) is 4.99 Å². The summed E-state index contributed by atoms with van der Waals surface area (Å²) in [4.78, 5) is 4.51. The van der Waals surface area contributed by atoms with Crippen molar-refractivity contribution in [3.8, 4) is 0 Å². The van der Waals surface area contributed by atoms with E-state index in [0.29, 0.717) is 6.54 Å². The first-order chi connectivity index (χ1) is 11.2. The Morgan fingerprint density at radius 1 is 1.25 bits per heavy atom. The molecule has 1 aromatic rings. The number of aliphatic imine (C=N–C) groups is 1. The summed E-state index contributed by atoms with van der Waals surface area (Å²) in [7, 11) is 0. The largest absolute Gasteiger partial charge is 0.469 e. The molecule has 24 heavy (non-hydrogen) atoms. The number of guanidine groups is 1. The van der Waals surface area contributed by atoms with E-state index >= 15 is 0 Å². The van der Waals surface area contributed by atoms with Gasteiger partial charge in [0.15, 0.2) is 5.96 Å². The first kappa shape index (κ1) is 23.0. The fourth-order valence-corrected chi connectivity index (χ4v) is 1.88. The van der Waals surface area contributed by atoms with Crippen molar-refractivity contribution in [1.29, 1.82) is 0 Å². The van der Waals surface area contributed by atoms with Crippen molar-refractivity contribution in [2.45, 2.75) is 39.5 Å². The van der Waals surface area contributed by atoms with Crippen LogP contribution >= 0.6 is 24.0 Å². The molecule has 5 nitrogen and oxygen atoms in total. The Bertz CT molecular complexity index is 447. The van der Waals surface area contributed by atoms with Gasteiger partial charge in [0.25, 0.3) is 0 Å². The van der Waals surface area contributed by atoms with Gasteiger partial charge in [-0.1, -0.05) is 25.5 Å². The van der Waals surface area contributed by atoms with E-state index in [1.807, 2.05) is 19.1 Å². The van der Waals surface area contributed by atoms with E-state index in [0.717, 1.165) is 62.9 Å². The molecule has 0 atom stereocenters. The SMILES string of the molecule is C=C(C)CN=C(NCCCOCCCC)NCCc1ccco1.I. The van der Waals surface area contributed by atoms with Crippen LogP contribution in [0.3, 0.4) is 0 Å². The van der Waals surface area contributed by atoms with E-state index in [2.05, 4.69) is 29.1 Å². The second-order valence-corrected chi connectivity index (χ2v) is 5.62. The Hall–Kier alpha value is -1.02. The van der Waals surface area contributed by atoms with Crippen molar-refractivity contribution in [3.63, 3.8) is 0 Å². The zero-order valence-corrected chi connectivity index (χ0v) is 17.3. The molecule has 0 aliphatic carbocycles. The molecule has 2 N–H and O–H groups in total. The molecule has 0 fully saturated rings. The molecule has 1 aromatic heterocycles. The van der Waals surface area contributed by atoms with Gasteiger partial charge in [-0.05, 0) is 31.9 Å². The predicted octanol–water partition coefficient (Wildman–Crippen LogP) is 3.76. The van der Waals surface area contributed by atoms with Crippen LogP contribution in [0.5, 0.6) is 0 Å². The molecular formula is C18H32IN3O2. The molecule has 6 heteroatoms. The Morgan fingerprint density at radius 2 is 2.00 bits per heavy atom. The van der Waals surface area contributed by atoms with Crippen LogP contribution in [0.1, 0.15) is 38.9 Å². The van der Waals surface area contributed by atoms with Gasteiger partial charge in [0.05, 0.1) is 12.8 Å². The quantitative estimate of drug-likeness (QED) is 0.168. The molecule has 0 amide bonds. The number of furan rings is 1. The lowest BCUT2D eigenvalue weighted by atomic mass is 10.3. The Balaban J connectivity index is 0.00000529. The third-order valence-electron chi connectivity index (χ3n) is 3.15. The second kappa shape index (κ2) is 15.5. The minimum Gasteiger partial charge on any atom is -0.469 e. The molecule has 0 aliphatic rings. The zero-order chi connectivity index (χ0) is 16.8. The third-order valence-corrected chi connectivity index (χ3v) is 3.15. The van der Waals surface area contributed by atoms with Gasteiger partial charge >= 0.3 is 0 Å². The first-order valence-electron chi connectivity index (χ1n) is 8.49. The molecule has 0 saturated carbocycles. The monoisotopic (exact) mass is 449 g/mol. The number of hydrogen-bond acceptors (Lipinski definition) is 3. The maximum Gasteiger partial charge on any atom is 0.191 e. The summed E-state index contributed by atoms with van der Waals surface area (Å²) in [5.41, 5.74) is 1.04. The van der Waals surface area contributed by atoms with E-state index in [1.54, 1.807) is 6.26 Å². The van der Waals surface area contributed by atoms with Gasteiger partial charge in [-0.3, -0.25) is 0 Å². The van der Waals surface area contributed by atoms with Gasteiger partial charge in [-0.15, -0.1) is 24.0 Å². The van der Waals surface area contributed by atoms with Crippen LogP contribution in [0, 0.1) is 0 Å². The first-order valence-corrected chi connectivity index (χ1v) is 8.49. The lowest BCUT2D eigenvalue weighted by Gasteiger charge is -2.12. The fourth-order valence-electron chi connectivity index (χ4n) is 1.88. The summed E-state index contributed by atoms with van der Waals surface area (Å²) in [6.45, 7) is 11.9. The molecule has 0 aliphatic heterocycles. The van der Waals surface area contributed by atoms with Crippen molar-refractivity contribution >= 4 is 29.9 Å². The minimum atomic E-state index is 0. The maximum atomic E-state index is 5.56. The van der Waals surface area contributed by atoms with Gasteiger partial charge < -0.3 is 19.8 Å². The molecule has 138 valence electrons. The fraction of sp³-hybridized carbons (Fsp3) is 0.611. The average molecular weight is 449 g/mol. The summed E-state index contributed by atoms with van der Waals surface area (Å²) in [5, 5.41) is 6.65. The molecule has 1 rings (SSSR count). The van der Waals surface area contributed by atoms with Crippen LogP contribution in [0.2, 0.25) is 0 Å². The summed E-state index contributed by atoms with van der Waals surface area (Å²) < 4.78 is 10.9. The van der Waals surface area contributed by atoms with Crippen molar-refractivity contribution < 1.29 is 9.15 Å². The highest BCUT2D eigenvalue weighted by molar-refractivity contribution is 14.0. The molecule has 0 unspecified atom stereocenters.